The van der Waals surface area contributed by atoms with Gasteiger partial charge in [0, 0.05) is 13.0 Å². The number of benzene rings is 1. The molecule has 0 aliphatic carbocycles. The van der Waals surface area contributed by atoms with E-state index < -0.39 is 41.4 Å². The second-order valence-electron chi connectivity index (χ2n) is 9.95. The summed E-state index contributed by atoms with van der Waals surface area (Å²) in [5, 5.41) is 5.26. The molecule has 9 nitrogen and oxygen atoms in total. The number of Topliss-reactive ketones (excluding diaryl/α,β-unsaturated/α-hetero) is 2. The Morgan fingerprint density at radius 1 is 1.11 bits per heavy atom. The Hall–Kier alpha value is -3.07. The number of ether oxygens (including phenoxy) is 2. The molecule has 1 aromatic carbocycles. The zero-order valence-corrected chi connectivity index (χ0v) is 21.6. The number of rotatable bonds is 12. The lowest BCUT2D eigenvalue weighted by molar-refractivity contribution is -0.149. The van der Waals surface area contributed by atoms with E-state index in [-0.39, 0.29) is 56.8 Å². The van der Waals surface area contributed by atoms with Gasteiger partial charge in [-0.05, 0) is 23.8 Å². The third-order valence-corrected chi connectivity index (χ3v) is 6.08. The maximum atomic E-state index is 13.2. The lowest BCUT2D eigenvalue weighted by Gasteiger charge is -2.26. The van der Waals surface area contributed by atoms with Crippen LogP contribution in [0.5, 0.6) is 0 Å². The molecule has 0 spiro atoms. The minimum atomic E-state index is -0.904. The summed E-state index contributed by atoms with van der Waals surface area (Å²) in [4.78, 5) is 63.2. The molecule has 0 aromatic heterocycles. The van der Waals surface area contributed by atoms with E-state index in [0.29, 0.717) is 6.42 Å². The molecule has 36 heavy (non-hydrogen) atoms. The predicted molar refractivity (Wildman–Crippen MR) is 133 cm³/mol. The molecular formula is C27H38N2O7. The molecule has 2 amide bonds. The molecule has 0 saturated carbocycles. The van der Waals surface area contributed by atoms with Gasteiger partial charge in [0.25, 0.3) is 5.91 Å². The summed E-state index contributed by atoms with van der Waals surface area (Å²) < 4.78 is 10.7. The molecule has 9 heteroatoms. The van der Waals surface area contributed by atoms with Crippen LogP contribution in [0.3, 0.4) is 0 Å². The van der Waals surface area contributed by atoms with Crippen molar-refractivity contribution in [2.24, 2.45) is 23.7 Å². The highest BCUT2D eigenvalue weighted by Crippen LogP contribution is 2.20. The van der Waals surface area contributed by atoms with Gasteiger partial charge in [0.2, 0.25) is 11.7 Å². The third kappa shape index (κ3) is 9.53. The van der Waals surface area contributed by atoms with Crippen molar-refractivity contribution >= 4 is 29.4 Å². The fourth-order valence-corrected chi connectivity index (χ4v) is 3.98. The highest BCUT2D eigenvalue weighted by Gasteiger charge is 2.34. The molecule has 2 N–H and O–H groups in total. The average Bonchev–Trinajstić information content (AvgIpc) is 2.83. The molecule has 1 aliphatic heterocycles. The van der Waals surface area contributed by atoms with Crippen LogP contribution in [0.1, 0.15) is 52.5 Å². The summed E-state index contributed by atoms with van der Waals surface area (Å²) in [5.74, 6) is -4.36. The van der Waals surface area contributed by atoms with Gasteiger partial charge in [-0.3, -0.25) is 24.0 Å². The number of esters is 1. The Morgan fingerprint density at radius 3 is 2.44 bits per heavy atom. The first-order valence-corrected chi connectivity index (χ1v) is 12.5. The summed E-state index contributed by atoms with van der Waals surface area (Å²) in [6, 6.07) is 8.41. The zero-order valence-electron chi connectivity index (χ0n) is 21.6. The lowest BCUT2D eigenvalue weighted by Crippen LogP contribution is -2.48. The molecule has 198 valence electrons. The number of carbonyl (C=O) groups excluding carboxylic acids is 5. The van der Waals surface area contributed by atoms with Crippen LogP contribution < -0.4 is 10.6 Å². The van der Waals surface area contributed by atoms with Crippen molar-refractivity contribution < 1.29 is 33.4 Å². The molecule has 0 radical (unpaired) electrons. The summed E-state index contributed by atoms with van der Waals surface area (Å²) in [6.45, 7) is 8.09. The fraction of sp³-hybridized carbons (Fsp3) is 0.593. The van der Waals surface area contributed by atoms with Crippen molar-refractivity contribution in [1.82, 2.24) is 10.6 Å². The monoisotopic (exact) mass is 502 g/mol. The topological polar surface area (TPSA) is 128 Å². The smallest absolute Gasteiger partial charge is 0.306 e. The van der Waals surface area contributed by atoms with Crippen molar-refractivity contribution in [3.8, 4) is 0 Å². The SMILES string of the molecule is CC(C)CC(NC(=O)C(CC(=O)OCc1ccccc1)C(C)C)C(=O)CC1COCCNC(=O)C1=O. The summed E-state index contributed by atoms with van der Waals surface area (Å²) in [6.07, 6.45) is 0.0330. The number of amides is 2. The Bertz CT molecular complexity index is 914. The van der Waals surface area contributed by atoms with Gasteiger partial charge in [0.15, 0.2) is 5.78 Å². The second-order valence-corrected chi connectivity index (χ2v) is 9.95. The summed E-state index contributed by atoms with van der Waals surface area (Å²) in [7, 11) is 0. The van der Waals surface area contributed by atoms with Crippen molar-refractivity contribution in [3.05, 3.63) is 35.9 Å². The first kappa shape index (κ1) is 29.2. The van der Waals surface area contributed by atoms with Gasteiger partial charge in [-0.15, -0.1) is 0 Å². The highest BCUT2D eigenvalue weighted by atomic mass is 16.5. The van der Waals surface area contributed by atoms with Crippen LogP contribution in [0.25, 0.3) is 0 Å². The number of ketones is 2. The van der Waals surface area contributed by atoms with E-state index in [1.54, 1.807) is 0 Å². The standard InChI is InChI=1S/C27H38N2O7/c1-17(2)12-22(23(30)13-20-16-35-11-10-28-27(34)25(20)32)29-26(33)21(18(3)4)14-24(31)36-15-19-8-6-5-7-9-19/h5-9,17-18,20-22H,10-16H2,1-4H3,(H,28,34)(H,29,33). The number of hydrogen-bond acceptors (Lipinski definition) is 7. The van der Waals surface area contributed by atoms with E-state index >= 15 is 0 Å². The van der Waals surface area contributed by atoms with E-state index in [1.165, 1.54) is 0 Å². The Balaban J connectivity index is 2.03. The van der Waals surface area contributed by atoms with Crippen LogP contribution in [-0.4, -0.2) is 55.2 Å². The van der Waals surface area contributed by atoms with Crippen molar-refractivity contribution in [1.29, 1.82) is 0 Å². The minimum absolute atomic E-state index is 0.0256. The summed E-state index contributed by atoms with van der Waals surface area (Å²) in [5.41, 5.74) is 0.848. The van der Waals surface area contributed by atoms with Gasteiger partial charge in [0.05, 0.1) is 37.5 Å². The molecule has 0 bridgehead atoms. The van der Waals surface area contributed by atoms with Crippen LogP contribution in [0.2, 0.25) is 0 Å². The largest absolute Gasteiger partial charge is 0.461 e. The Labute approximate surface area is 212 Å². The number of nitrogens with one attached hydrogen (secondary N) is 2. The first-order valence-electron chi connectivity index (χ1n) is 12.5. The molecule has 2 rings (SSSR count). The van der Waals surface area contributed by atoms with Gasteiger partial charge >= 0.3 is 5.97 Å². The Kier molecular flexibility index (Phi) is 11.7. The van der Waals surface area contributed by atoms with Crippen molar-refractivity contribution in [3.63, 3.8) is 0 Å². The number of hydrogen-bond donors (Lipinski definition) is 2. The lowest BCUT2D eigenvalue weighted by atomic mass is 9.88. The maximum absolute atomic E-state index is 13.2. The van der Waals surface area contributed by atoms with Gasteiger partial charge in [-0.1, -0.05) is 58.0 Å². The van der Waals surface area contributed by atoms with E-state index in [4.69, 9.17) is 9.47 Å². The van der Waals surface area contributed by atoms with E-state index in [0.717, 1.165) is 5.56 Å². The van der Waals surface area contributed by atoms with Crippen molar-refractivity contribution in [2.45, 2.75) is 59.6 Å². The van der Waals surface area contributed by atoms with E-state index in [1.807, 2.05) is 58.0 Å². The Morgan fingerprint density at radius 2 is 1.81 bits per heavy atom. The van der Waals surface area contributed by atoms with Gasteiger partial charge in [-0.25, -0.2) is 0 Å². The van der Waals surface area contributed by atoms with E-state index in [9.17, 15) is 24.0 Å². The van der Waals surface area contributed by atoms with Crippen molar-refractivity contribution in [2.75, 3.05) is 19.8 Å². The fourth-order valence-electron chi connectivity index (χ4n) is 3.98. The molecule has 1 heterocycles. The van der Waals surface area contributed by atoms with Crippen LogP contribution in [0.15, 0.2) is 30.3 Å². The molecule has 1 aromatic rings. The van der Waals surface area contributed by atoms with Gasteiger partial charge in [-0.2, -0.15) is 0 Å². The number of carbonyl (C=O) groups is 5. The summed E-state index contributed by atoms with van der Waals surface area (Å²) >= 11 is 0. The van der Waals surface area contributed by atoms with Crippen LogP contribution >= 0.6 is 0 Å². The molecule has 1 aliphatic rings. The zero-order chi connectivity index (χ0) is 26.7. The predicted octanol–water partition coefficient (Wildman–Crippen LogP) is 2.21. The van der Waals surface area contributed by atoms with Gasteiger partial charge in [0.1, 0.15) is 6.61 Å². The normalized spacial score (nSPS) is 18.1. The first-order chi connectivity index (χ1) is 17.1. The van der Waals surface area contributed by atoms with Gasteiger partial charge < -0.3 is 20.1 Å². The van der Waals surface area contributed by atoms with Crippen LogP contribution in [-0.2, 0) is 40.1 Å². The average molecular weight is 503 g/mol. The molecule has 1 fully saturated rings. The molecule has 1 saturated heterocycles. The quantitative estimate of drug-likeness (QED) is 0.331. The van der Waals surface area contributed by atoms with Crippen LogP contribution in [0, 0.1) is 23.7 Å². The minimum Gasteiger partial charge on any atom is -0.461 e. The third-order valence-electron chi connectivity index (χ3n) is 6.08. The second kappa shape index (κ2) is 14.5. The maximum Gasteiger partial charge on any atom is 0.306 e. The van der Waals surface area contributed by atoms with Crippen LogP contribution in [0.4, 0.5) is 0 Å². The molecule has 3 unspecified atom stereocenters. The molecule has 3 atom stereocenters. The van der Waals surface area contributed by atoms with E-state index in [2.05, 4.69) is 10.6 Å². The highest BCUT2D eigenvalue weighted by molar-refractivity contribution is 6.37. The molecular weight excluding hydrogens is 464 g/mol.